The van der Waals surface area contributed by atoms with E-state index in [-0.39, 0.29) is 19.6 Å². The Labute approximate surface area is 132 Å². The van der Waals surface area contributed by atoms with Crippen molar-refractivity contribution in [2.45, 2.75) is 32.2 Å². The average Bonchev–Trinajstić information content (AvgIpc) is 2.88. The van der Waals surface area contributed by atoms with Crippen LogP contribution in [0.1, 0.15) is 17.7 Å². The van der Waals surface area contributed by atoms with Crippen molar-refractivity contribution in [1.29, 1.82) is 0 Å². The van der Waals surface area contributed by atoms with Crippen LogP contribution in [0.2, 0.25) is 0 Å². The number of aromatic nitrogens is 2. The zero-order valence-corrected chi connectivity index (χ0v) is 12.8. The second-order valence-electron chi connectivity index (χ2n) is 5.57. The van der Waals surface area contributed by atoms with Gasteiger partial charge in [0.15, 0.2) is 0 Å². The molecule has 0 amide bonds. The van der Waals surface area contributed by atoms with Crippen molar-refractivity contribution >= 4 is 5.65 Å². The summed E-state index contributed by atoms with van der Waals surface area (Å²) in [6, 6.07) is 3.75. The maximum atomic E-state index is 12.5. The summed E-state index contributed by atoms with van der Waals surface area (Å²) < 4.78 is 39.2. The first-order valence-electron chi connectivity index (χ1n) is 7.29. The van der Waals surface area contributed by atoms with Gasteiger partial charge < -0.3 is 14.6 Å². The van der Waals surface area contributed by atoms with Crippen molar-refractivity contribution in [3.63, 3.8) is 0 Å². The third kappa shape index (κ3) is 4.92. The number of rotatable bonds is 7. The summed E-state index contributed by atoms with van der Waals surface area (Å²) in [5.41, 5.74) is 2.45. The molecule has 1 atom stereocenters. The van der Waals surface area contributed by atoms with Crippen molar-refractivity contribution in [3.05, 3.63) is 35.8 Å². The molecule has 0 aromatic carbocycles. The van der Waals surface area contributed by atoms with Gasteiger partial charge in [0.1, 0.15) is 5.65 Å². The molecule has 0 radical (unpaired) electrons. The lowest BCUT2D eigenvalue weighted by Gasteiger charge is -2.24. The number of aliphatic hydroxyl groups is 2. The van der Waals surface area contributed by atoms with Crippen LogP contribution in [0.3, 0.4) is 0 Å². The summed E-state index contributed by atoms with van der Waals surface area (Å²) in [5, 5.41) is 18.5. The number of aliphatic hydroxyl groups excluding tert-OH is 2. The van der Waals surface area contributed by atoms with Gasteiger partial charge in [-0.25, -0.2) is 4.98 Å². The Morgan fingerprint density at radius 3 is 2.78 bits per heavy atom. The number of halogens is 3. The highest BCUT2D eigenvalue weighted by atomic mass is 19.4. The number of hydrogen-bond donors (Lipinski definition) is 2. The molecule has 2 N–H and O–H groups in total. The van der Waals surface area contributed by atoms with E-state index in [9.17, 15) is 18.3 Å². The molecule has 0 saturated heterocycles. The SMILES string of the molecule is Cc1cccn2c(CN(CCC(F)(F)F)C[C@H](O)CO)cnc12. The summed E-state index contributed by atoms with van der Waals surface area (Å²) in [6.07, 6.45) is -2.90. The maximum absolute atomic E-state index is 12.5. The molecule has 23 heavy (non-hydrogen) atoms. The van der Waals surface area contributed by atoms with Crippen LogP contribution in [-0.2, 0) is 6.54 Å². The van der Waals surface area contributed by atoms with Crippen LogP contribution in [0.15, 0.2) is 24.5 Å². The number of pyridine rings is 1. The minimum Gasteiger partial charge on any atom is -0.394 e. The lowest BCUT2D eigenvalue weighted by molar-refractivity contribution is -0.139. The molecule has 0 unspecified atom stereocenters. The van der Waals surface area contributed by atoms with Crippen molar-refractivity contribution in [3.8, 4) is 0 Å². The monoisotopic (exact) mass is 331 g/mol. The fraction of sp³-hybridized carbons (Fsp3) is 0.533. The Hall–Kier alpha value is -1.64. The Bertz CT molecular complexity index is 642. The van der Waals surface area contributed by atoms with Crippen LogP contribution in [0.25, 0.3) is 5.65 Å². The lowest BCUT2D eigenvalue weighted by atomic mass is 10.2. The summed E-state index contributed by atoms with van der Waals surface area (Å²) in [6.45, 7) is 1.33. The highest BCUT2D eigenvalue weighted by Gasteiger charge is 2.28. The van der Waals surface area contributed by atoms with Crippen molar-refractivity contribution in [2.75, 3.05) is 19.7 Å². The Morgan fingerprint density at radius 2 is 2.13 bits per heavy atom. The van der Waals surface area contributed by atoms with Gasteiger partial charge in [0, 0.05) is 25.8 Å². The fourth-order valence-corrected chi connectivity index (χ4v) is 2.42. The van der Waals surface area contributed by atoms with Gasteiger partial charge in [-0.15, -0.1) is 0 Å². The third-order valence-corrected chi connectivity index (χ3v) is 3.58. The van der Waals surface area contributed by atoms with Gasteiger partial charge in [-0.05, 0) is 18.6 Å². The molecule has 2 aromatic heterocycles. The van der Waals surface area contributed by atoms with E-state index in [1.165, 1.54) is 4.90 Å². The summed E-state index contributed by atoms with van der Waals surface area (Å²) in [4.78, 5) is 5.75. The number of nitrogens with zero attached hydrogens (tertiary/aromatic N) is 3. The molecule has 0 bridgehead atoms. The van der Waals surface area contributed by atoms with Gasteiger partial charge in [-0.3, -0.25) is 4.90 Å². The second-order valence-corrected chi connectivity index (χ2v) is 5.57. The van der Waals surface area contributed by atoms with Gasteiger partial charge >= 0.3 is 6.18 Å². The van der Waals surface area contributed by atoms with Crippen LogP contribution in [0, 0.1) is 6.92 Å². The molecule has 2 heterocycles. The molecule has 2 aromatic rings. The molecule has 128 valence electrons. The van der Waals surface area contributed by atoms with Crippen LogP contribution >= 0.6 is 0 Å². The van der Waals surface area contributed by atoms with Gasteiger partial charge in [0.25, 0.3) is 0 Å². The normalized spacial score (nSPS) is 13.9. The fourth-order valence-electron chi connectivity index (χ4n) is 2.42. The molecule has 0 fully saturated rings. The van der Waals surface area contributed by atoms with Crippen molar-refractivity contribution < 1.29 is 23.4 Å². The predicted molar refractivity (Wildman–Crippen MR) is 79.0 cm³/mol. The molecule has 0 aliphatic heterocycles. The number of alkyl halides is 3. The molecule has 0 aliphatic carbocycles. The maximum Gasteiger partial charge on any atom is 0.390 e. The topological polar surface area (TPSA) is 61.0 Å². The van der Waals surface area contributed by atoms with E-state index in [1.54, 1.807) is 12.4 Å². The van der Waals surface area contributed by atoms with Gasteiger partial charge in [0.05, 0.1) is 31.0 Å². The van der Waals surface area contributed by atoms with E-state index in [4.69, 9.17) is 5.11 Å². The molecule has 8 heteroatoms. The molecule has 0 spiro atoms. The molecule has 5 nitrogen and oxygen atoms in total. The zero-order valence-electron chi connectivity index (χ0n) is 12.8. The van der Waals surface area contributed by atoms with Gasteiger partial charge in [0.2, 0.25) is 0 Å². The standard InChI is InChI=1S/C15H20F3N3O2/c1-11-3-2-5-21-12(7-19-14(11)21)8-20(9-13(23)10-22)6-4-15(16,17)18/h2-3,5,7,13,22-23H,4,6,8-10H2,1H3/t13-/m0/s1. The summed E-state index contributed by atoms with van der Waals surface area (Å²) in [5.74, 6) is 0. The second kappa shape index (κ2) is 7.29. The van der Waals surface area contributed by atoms with Crippen molar-refractivity contribution in [2.24, 2.45) is 0 Å². The summed E-state index contributed by atoms with van der Waals surface area (Å²) >= 11 is 0. The zero-order chi connectivity index (χ0) is 17.0. The van der Waals surface area contributed by atoms with Crippen LogP contribution < -0.4 is 0 Å². The minimum atomic E-state index is -4.27. The quantitative estimate of drug-likeness (QED) is 0.811. The predicted octanol–water partition coefficient (Wildman–Crippen LogP) is 1.75. The van der Waals surface area contributed by atoms with E-state index in [1.807, 2.05) is 23.5 Å². The first-order valence-corrected chi connectivity index (χ1v) is 7.29. The summed E-state index contributed by atoms with van der Waals surface area (Å²) in [7, 11) is 0. The minimum absolute atomic E-state index is 0.0361. The van der Waals surface area contributed by atoms with E-state index < -0.39 is 25.3 Å². The van der Waals surface area contributed by atoms with Crippen LogP contribution in [0.5, 0.6) is 0 Å². The van der Waals surface area contributed by atoms with E-state index in [0.717, 1.165) is 16.9 Å². The Kier molecular flexibility index (Phi) is 5.61. The lowest BCUT2D eigenvalue weighted by Crippen LogP contribution is -2.36. The highest BCUT2D eigenvalue weighted by molar-refractivity contribution is 5.48. The molecule has 0 aliphatic rings. The van der Waals surface area contributed by atoms with Crippen LogP contribution in [0.4, 0.5) is 13.2 Å². The number of hydrogen-bond acceptors (Lipinski definition) is 4. The molecule has 2 rings (SSSR count). The average molecular weight is 331 g/mol. The molecular formula is C15H20F3N3O2. The Morgan fingerprint density at radius 1 is 1.39 bits per heavy atom. The molecular weight excluding hydrogens is 311 g/mol. The van der Waals surface area contributed by atoms with Crippen LogP contribution in [-0.4, -0.2) is 56.5 Å². The van der Waals surface area contributed by atoms with E-state index >= 15 is 0 Å². The van der Waals surface area contributed by atoms with Crippen molar-refractivity contribution in [1.82, 2.24) is 14.3 Å². The largest absolute Gasteiger partial charge is 0.394 e. The van der Waals surface area contributed by atoms with E-state index in [2.05, 4.69) is 4.98 Å². The third-order valence-electron chi connectivity index (χ3n) is 3.58. The number of imidazole rings is 1. The van der Waals surface area contributed by atoms with Gasteiger partial charge in [-0.2, -0.15) is 13.2 Å². The van der Waals surface area contributed by atoms with Gasteiger partial charge in [-0.1, -0.05) is 6.07 Å². The first-order chi connectivity index (χ1) is 10.8. The Balaban J connectivity index is 2.16. The first kappa shape index (κ1) is 17.7. The molecule has 0 saturated carbocycles. The number of aryl methyl sites for hydroxylation is 1. The van der Waals surface area contributed by atoms with E-state index in [0.29, 0.717) is 0 Å². The smallest absolute Gasteiger partial charge is 0.390 e. The highest BCUT2D eigenvalue weighted by Crippen LogP contribution is 2.21. The number of fused-ring (bicyclic) bond motifs is 1.